The summed E-state index contributed by atoms with van der Waals surface area (Å²) in [6.45, 7) is 1.36. The number of carbonyl (C=O) groups excluding carboxylic acids is 1. The van der Waals surface area contributed by atoms with Crippen LogP contribution in [0.2, 0.25) is 0 Å². The third kappa shape index (κ3) is 3.49. The predicted molar refractivity (Wildman–Crippen MR) is 70.4 cm³/mol. The van der Waals surface area contributed by atoms with E-state index in [4.69, 9.17) is 9.47 Å². The third-order valence-electron chi connectivity index (χ3n) is 3.45. The molecule has 7 heteroatoms. The molecule has 2 rings (SSSR count). The number of carboxylic acids is 1. The molecule has 0 bridgehead atoms. The average molecular weight is 297 g/mol. The smallest absolute Gasteiger partial charge is 0.313 e. The lowest BCUT2D eigenvalue weighted by molar-refractivity contribution is -0.149. The summed E-state index contributed by atoms with van der Waals surface area (Å²) in [5, 5.41) is 11.8. The van der Waals surface area contributed by atoms with Gasteiger partial charge < -0.3 is 19.9 Å². The molecule has 1 aliphatic rings. The summed E-state index contributed by atoms with van der Waals surface area (Å²) in [6.07, 6.45) is 0. The maximum Gasteiger partial charge on any atom is 0.313 e. The van der Waals surface area contributed by atoms with Gasteiger partial charge in [0, 0.05) is 6.07 Å². The van der Waals surface area contributed by atoms with E-state index in [1.54, 1.807) is 0 Å². The van der Waals surface area contributed by atoms with E-state index >= 15 is 0 Å². The van der Waals surface area contributed by atoms with Crippen LogP contribution in [0, 0.1) is 11.2 Å². The van der Waals surface area contributed by atoms with Crippen LogP contribution in [0.1, 0.15) is 6.92 Å². The third-order valence-corrected chi connectivity index (χ3v) is 3.45. The highest BCUT2D eigenvalue weighted by molar-refractivity contribution is 5.81. The minimum atomic E-state index is -1.16. The lowest BCUT2D eigenvalue weighted by Gasteiger charge is -2.25. The lowest BCUT2D eigenvalue weighted by Crippen LogP contribution is -2.50. The van der Waals surface area contributed by atoms with Gasteiger partial charge in [-0.25, -0.2) is 4.39 Å². The first-order valence-corrected chi connectivity index (χ1v) is 6.41. The zero-order chi connectivity index (χ0) is 15.5. The molecule has 0 aromatic heterocycles. The fourth-order valence-corrected chi connectivity index (χ4v) is 2.03. The summed E-state index contributed by atoms with van der Waals surface area (Å²) in [6, 6.07) is 4.79. The van der Waals surface area contributed by atoms with Crippen molar-refractivity contribution < 1.29 is 28.6 Å². The van der Waals surface area contributed by atoms with Crippen molar-refractivity contribution in [1.29, 1.82) is 0 Å². The summed E-state index contributed by atoms with van der Waals surface area (Å²) < 4.78 is 23.2. The molecule has 2 unspecified atom stereocenters. The van der Waals surface area contributed by atoms with Gasteiger partial charge in [0.15, 0.2) is 6.61 Å². The molecule has 0 spiro atoms. The molecule has 1 saturated heterocycles. The summed E-state index contributed by atoms with van der Waals surface area (Å²) >= 11 is 0. The second kappa shape index (κ2) is 6.09. The summed E-state index contributed by atoms with van der Waals surface area (Å²) in [5.41, 5.74) is -1.16. The Balaban J connectivity index is 1.89. The van der Waals surface area contributed by atoms with E-state index < -0.39 is 29.2 Å². The maximum atomic E-state index is 12.9. The summed E-state index contributed by atoms with van der Waals surface area (Å²) in [4.78, 5) is 23.0. The van der Waals surface area contributed by atoms with E-state index in [9.17, 15) is 19.1 Å². The van der Waals surface area contributed by atoms with Crippen molar-refractivity contribution in [2.24, 2.45) is 5.41 Å². The lowest BCUT2D eigenvalue weighted by atomic mass is 9.85. The molecule has 2 atom stereocenters. The Labute approximate surface area is 120 Å². The largest absolute Gasteiger partial charge is 0.484 e. The molecule has 1 aliphatic heterocycles. The van der Waals surface area contributed by atoms with Crippen LogP contribution in [0.25, 0.3) is 0 Å². The van der Waals surface area contributed by atoms with E-state index in [2.05, 4.69) is 5.32 Å². The number of halogens is 1. The van der Waals surface area contributed by atoms with Crippen LogP contribution in [-0.2, 0) is 14.3 Å². The van der Waals surface area contributed by atoms with Crippen molar-refractivity contribution in [3.8, 4) is 5.75 Å². The van der Waals surface area contributed by atoms with E-state index in [0.29, 0.717) is 0 Å². The summed E-state index contributed by atoms with van der Waals surface area (Å²) in [7, 11) is 0. The minimum absolute atomic E-state index is 0.0397. The van der Waals surface area contributed by atoms with E-state index in [0.717, 1.165) is 6.07 Å². The van der Waals surface area contributed by atoms with Crippen LogP contribution < -0.4 is 10.1 Å². The first-order chi connectivity index (χ1) is 9.91. The molecule has 1 amide bonds. The molecule has 1 fully saturated rings. The van der Waals surface area contributed by atoms with Gasteiger partial charge in [0.1, 0.15) is 17.0 Å². The van der Waals surface area contributed by atoms with Gasteiger partial charge in [-0.3, -0.25) is 9.59 Å². The molecule has 1 heterocycles. The molecule has 0 radical (unpaired) electrons. The van der Waals surface area contributed by atoms with Crippen LogP contribution in [0.3, 0.4) is 0 Å². The Kier molecular flexibility index (Phi) is 4.42. The number of aliphatic carboxylic acids is 1. The Hall–Kier alpha value is -2.15. The number of rotatable bonds is 5. The Morgan fingerprint density at radius 2 is 2.33 bits per heavy atom. The molecule has 1 aromatic rings. The van der Waals surface area contributed by atoms with Crippen molar-refractivity contribution >= 4 is 11.9 Å². The number of carbonyl (C=O) groups is 2. The Morgan fingerprint density at radius 3 is 3.00 bits per heavy atom. The molecule has 2 N–H and O–H groups in total. The fraction of sp³-hybridized carbons (Fsp3) is 0.429. The van der Waals surface area contributed by atoms with Crippen molar-refractivity contribution in [3.63, 3.8) is 0 Å². The van der Waals surface area contributed by atoms with E-state index in [1.807, 2.05) is 0 Å². The van der Waals surface area contributed by atoms with Gasteiger partial charge in [-0.2, -0.15) is 0 Å². The van der Waals surface area contributed by atoms with Crippen molar-refractivity contribution in [1.82, 2.24) is 5.32 Å². The Morgan fingerprint density at radius 1 is 1.57 bits per heavy atom. The first kappa shape index (κ1) is 15.2. The number of benzene rings is 1. The SMILES string of the molecule is CC1(C(=O)O)COCC1NC(=O)COc1cccc(F)c1. The highest BCUT2D eigenvalue weighted by Gasteiger charge is 2.47. The van der Waals surface area contributed by atoms with Gasteiger partial charge in [-0.1, -0.05) is 6.07 Å². The number of carboxylic acid groups (broad SMARTS) is 1. The second-order valence-corrected chi connectivity index (χ2v) is 5.10. The molecule has 0 saturated carbocycles. The van der Waals surface area contributed by atoms with Crippen molar-refractivity contribution in [2.45, 2.75) is 13.0 Å². The number of ether oxygens (including phenoxy) is 2. The van der Waals surface area contributed by atoms with Crippen LogP contribution >= 0.6 is 0 Å². The molecule has 6 nitrogen and oxygen atoms in total. The van der Waals surface area contributed by atoms with Crippen LogP contribution in [0.4, 0.5) is 4.39 Å². The van der Waals surface area contributed by atoms with Gasteiger partial charge >= 0.3 is 5.97 Å². The maximum absolute atomic E-state index is 12.9. The summed E-state index contributed by atoms with van der Waals surface area (Å²) in [5.74, 6) is -1.75. The standard InChI is InChI=1S/C14H16FNO5/c1-14(13(18)19)8-20-6-11(14)16-12(17)7-21-10-4-2-3-9(15)5-10/h2-5,11H,6-8H2,1H3,(H,16,17)(H,18,19). The highest BCUT2D eigenvalue weighted by Crippen LogP contribution is 2.28. The molecular weight excluding hydrogens is 281 g/mol. The number of hydrogen-bond donors (Lipinski definition) is 2. The van der Waals surface area contributed by atoms with E-state index in [1.165, 1.54) is 25.1 Å². The molecule has 21 heavy (non-hydrogen) atoms. The van der Waals surface area contributed by atoms with Crippen LogP contribution in [-0.4, -0.2) is 42.8 Å². The number of hydrogen-bond acceptors (Lipinski definition) is 4. The average Bonchev–Trinajstić information content (AvgIpc) is 2.79. The first-order valence-electron chi connectivity index (χ1n) is 6.41. The molecule has 0 aliphatic carbocycles. The van der Waals surface area contributed by atoms with Crippen molar-refractivity contribution in [2.75, 3.05) is 19.8 Å². The monoisotopic (exact) mass is 297 g/mol. The van der Waals surface area contributed by atoms with Gasteiger partial charge in [0.05, 0.1) is 19.3 Å². The fourth-order valence-electron chi connectivity index (χ4n) is 2.03. The van der Waals surface area contributed by atoms with Gasteiger partial charge in [0.2, 0.25) is 0 Å². The highest BCUT2D eigenvalue weighted by atomic mass is 19.1. The van der Waals surface area contributed by atoms with E-state index in [-0.39, 0.29) is 25.6 Å². The number of amides is 1. The van der Waals surface area contributed by atoms with Crippen molar-refractivity contribution in [3.05, 3.63) is 30.1 Å². The zero-order valence-electron chi connectivity index (χ0n) is 11.5. The van der Waals surface area contributed by atoms with Crippen LogP contribution in [0.15, 0.2) is 24.3 Å². The molecule has 114 valence electrons. The predicted octanol–water partition coefficient (Wildman–Crippen LogP) is 0.810. The Bertz CT molecular complexity index is 550. The topological polar surface area (TPSA) is 84.9 Å². The molecule has 1 aromatic carbocycles. The molecular formula is C14H16FNO5. The number of nitrogens with one attached hydrogen (secondary N) is 1. The van der Waals surface area contributed by atoms with Gasteiger partial charge in [-0.05, 0) is 19.1 Å². The van der Waals surface area contributed by atoms with Crippen LogP contribution in [0.5, 0.6) is 5.75 Å². The van der Waals surface area contributed by atoms with Gasteiger partial charge in [0.25, 0.3) is 5.91 Å². The minimum Gasteiger partial charge on any atom is -0.484 e. The zero-order valence-corrected chi connectivity index (χ0v) is 11.5. The second-order valence-electron chi connectivity index (χ2n) is 5.10. The van der Waals surface area contributed by atoms with Gasteiger partial charge in [-0.15, -0.1) is 0 Å². The normalized spacial score (nSPS) is 24.6. The quantitative estimate of drug-likeness (QED) is 0.840.